The van der Waals surface area contributed by atoms with Crippen LogP contribution < -0.4 is 0 Å². The number of ketones is 1. The van der Waals surface area contributed by atoms with E-state index in [1.165, 1.54) is 12.1 Å². The summed E-state index contributed by atoms with van der Waals surface area (Å²) in [6.07, 6.45) is 0. The van der Waals surface area contributed by atoms with Gasteiger partial charge in [0, 0.05) is 5.56 Å². The molecule has 0 bridgehead atoms. The first-order chi connectivity index (χ1) is 8.50. The van der Waals surface area contributed by atoms with Crippen LogP contribution in [0.2, 0.25) is 0 Å². The second-order valence-corrected chi connectivity index (χ2v) is 4.23. The van der Waals surface area contributed by atoms with Gasteiger partial charge in [-0.25, -0.2) is 8.78 Å². The van der Waals surface area contributed by atoms with Crippen LogP contribution >= 0.6 is 0 Å². The van der Waals surface area contributed by atoms with Crippen LogP contribution in [0.4, 0.5) is 8.78 Å². The predicted molar refractivity (Wildman–Crippen MR) is 65.7 cm³/mol. The van der Waals surface area contributed by atoms with E-state index in [-0.39, 0.29) is 5.56 Å². The van der Waals surface area contributed by atoms with Crippen molar-refractivity contribution in [1.29, 1.82) is 0 Å². The lowest BCUT2D eigenvalue weighted by Crippen LogP contribution is -2.06. The van der Waals surface area contributed by atoms with Crippen molar-refractivity contribution in [3.05, 3.63) is 70.3 Å². The summed E-state index contributed by atoms with van der Waals surface area (Å²) in [4.78, 5) is 12.1. The van der Waals surface area contributed by atoms with E-state index in [2.05, 4.69) is 0 Å². The molecule has 0 aliphatic carbocycles. The van der Waals surface area contributed by atoms with E-state index in [1.807, 2.05) is 13.8 Å². The van der Waals surface area contributed by atoms with Crippen LogP contribution in [0.5, 0.6) is 0 Å². The number of rotatable bonds is 2. The van der Waals surface area contributed by atoms with Gasteiger partial charge < -0.3 is 0 Å². The van der Waals surface area contributed by atoms with E-state index in [1.54, 1.807) is 18.2 Å². The van der Waals surface area contributed by atoms with Crippen LogP contribution in [0.1, 0.15) is 27.0 Å². The number of hydrogen-bond acceptors (Lipinski definition) is 1. The van der Waals surface area contributed by atoms with Crippen molar-refractivity contribution in [2.45, 2.75) is 13.8 Å². The largest absolute Gasteiger partial charge is 0.288 e. The first-order valence-electron chi connectivity index (χ1n) is 5.56. The summed E-state index contributed by atoms with van der Waals surface area (Å²) >= 11 is 0. The molecule has 0 unspecified atom stereocenters. The molecule has 2 aromatic carbocycles. The van der Waals surface area contributed by atoms with E-state index >= 15 is 0 Å². The Kier molecular flexibility index (Phi) is 3.24. The third kappa shape index (κ3) is 2.16. The van der Waals surface area contributed by atoms with Gasteiger partial charge in [-0.15, -0.1) is 0 Å². The summed E-state index contributed by atoms with van der Waals surface area (Å²) in [5, 5.41) is 0. The minimum atomic E-state index is -1.10. The summed E-state index contributed by atoms with van der Waals surface area (Å²) in [5.41, 5.74) is 2.12. The molecule has 3 heteroatoms. The molecular formula is C15H12F2O. The molecule has 0 aromatic heterocycles. The number of carbonyl (C=O) groups is 1. The van der Waals surface area contributed by atoms with Gasteiger partial charge in [0.1, 0.15) is 0 Å². The highest BCUT2D eigenvalue weighted by Gasteiger charge is 2.16. The summed E-state index contributed by atoms with van der Waals surface area (Å²) < 4.78 is 26.6. The number of benzene rings is 2. The Morgan fingerprint density at radius 3 is 2.39 bits per heavy atom. The Bertz CT molecular complexity index is 618. The highest BCUT2D eigenvalue weighted by molar-refractivity contribution is 6.09. The van der Waals surface area contributed by atoms with Crippen LogP contribution in [-0.2, 0) is 0 Å². The molecule has 0 spiro atoms. The first kappa shape index (κ1) is 12.4. The van der Waals surface area contributed by atoms with Crippen molar-refractivity contribution < 1.29 is 13.6 Å². The van der Waals surface area contributed by atoms with Gasteiger partial charge in [-0.05, 0) is 43.2 Å². The minimum Gasteiger partial charge on any atom is -0.288 e. The molecule has 0 radical (unpaired) electrons. The van der Waals surface area contributed by atoms with Gasteiger partial charge >= 0.3 is 0 Å². The maximum Gasteiger partial charge on any atom is 0.196 e. The third-order valence-corrected chi connectivity index (χ3v) is 2.97. The van der Waals surface area contributed by atoms with Crippen LogP contribution in [0.25, 0.3) is 0 Å². The monoisotopic (exact) mass is 246 g/mol. The van der Waals surface area contributed by atoms with Crippen molar-refractivity contribution in [2.75, 3.05) is 0 Å². The van der Waals surface area contributed by atoms with Crippen molar-refractivity contribution in [2.24, 2.45) is 0 Å². The summed E-state index contributed by atoms with van der Waals surface area (Å²) in [7, 11) is 0. The Hall–Kier alpha value is -2.03. The number of aryl methyl sites for hydroxylation is 2. The van der Waals surface area contributed by atoms with E-state index in [9.17, 15) is 13.6 Å². The molecule has 0 N–H and O–H groups in total. The van der Waals surface area contributed by atoms with Gasteiger partial charge in [-0.3, -0.25) is 4.79 Å². The van der Waals surface area contributed by atoms with Crippen LogP contribution in [0.3, 0.4) is 0 Å². The van der Waals surface area contributed by atoms with Gasteiger partial charge in [0.2, 0.25) is 0 Å². The van der Waals surface area contributed by atoms with Gasteiger partial charge in [0.25, 0.3) is 0 Å². The molecule has 0 heterocycles. The molecule has 2 rings (SSSR count). The van der Waals surface area contributed by atoms with Crippen molar-refractivity contribution in [1.82, 2.24) is 0 Å². The van der Waals surface area contributed by atoms with Gasteiger partial charge in [-0.1, -0.05) is 18.2 Å². The zero-order valence-electron chi connectivity index (χ0n) is 10.1. The molecule has 0 amide bonds. The predicted octanol–water partition coefficient (Wildman–Crippen LogP) is 3.81. The fourth-order valence-corrected chi connectivity index (χ4v) is 1.72. The lowest BCUT2D eigenvalue weighted by molar-refractivity contribution is 0.103. The lowest BCUT2D eigenvalue weighted by Gasteiger charge is -2.06. The Morgan fingerprint density at radius 1 is 1.00 bits per heavy atom. The zero-order valence-corrected chi connectivity index (χ0v) is 10.1. The van der Waals surface area contributed by atoms with Gasteiger partial charge in [0.15, 0.2) is 17.4 Å². The Labute approximate surface area is 104 Å². The molecule has 1 nitrogen and oxygen atoms in total. The zero-order chi connectivity index (χ0) is 13.3. The van der Waals surface area contributed by atoms with E-state index < -0.39 is 17.4 Å². The summed E-state index contributed by atoms with van der Waals surface area (Å²) in [5.74, 6) is -2.61. The van der Waals surface area contributed by atoms with E-state index in [4.69, 9.17) is 0 Å². The second kappa shape index (κ2) is 4.69. The van der Waals surface area contributed by atoms with E-state index in [0.29, 0.717) is 5.56 Å². The molecular weight excluding hydrogens is 234 g/mol. The van der Waals surface area contributed by atoms with Gasteiger partial charge in [0.05, 0.1) is 5.56 Å². The fraction of sp³-hybridized carbons (Fsp3) is 0.133. The number of halogens is 2. The normalized spacial score (nSPS) is 10.4. The third-order valence-electron chi connectivity index (χ3n) is 2.97. The number of carbonyl (C=O) groups excluding carboxylic acids is 1. The standard InChI is InChI=1S/C15H12F2O/c1-9-6-7-11(8-10(9)2)15(18)12-4-3-5-13(16)14(12)17/h3-8H,1-2H3. The van der Waals surface area contributed by atoms with Crippen LogP contribution in [0.15, 0.2) is 36.4 Å². The molecule has 18 heavy (non-hydrogen) atoms. The summed E-state index contributed by atoms with van der Waals surface area (Å²) in [6.45, 7) is 3.79. The van der Waals surface area contributed by atoms with Crippen LogP contribution in [-0.4, -0.2) is 5.78 Å². The molecule has 0 fully saturated rings. The Morgan fingerprint density at radius 2 is 1.72 bits per heavy atom. The molecule has 2 aromatic rings. The van der Waals surface area contributed by atoms with Crippen molar-refractivity contribution in [3.8, 4) is 0 Å². The SMILES string of the molecule is Cc1ccc(C(=O)c2cccc(F)c2F)cc1C. The summed E-state index contributed by atoms with van der Waals surface area (Å²) in [6, 6.07) is 8.70. The molecule has 0 saturated carbocycles. The molecule has 92 valence electrons. The first-order valence-corrected chi connectivity index (χ1v) is 5.56. The average molecular weight is 246 g/mol. The quantitative estimate of drug-likeness (QED) is 0.736. The molecule has 0 aliphatic heterocycles. The fourth-order valence-electron chi connectivity index (χ4n) is 1.72. The molecule has 0 aliphatic rings. The lowest BCUT2D eigenvalue weighted by atomic mass is 9.99. The minimum absolute atomic E-state index is 0.238. The average Bonchev–Trinajstić information content (AvgIpc) is 2.35. The number of hydrogen-bond donors (Lipinski definition) is 0. The second-order valence-electron chi connectivity index (χ2n) is 4.23. The highest BCUT2D eigenvalue weighted by Crippen LogP contribution is 2.18. The maximum absolute atomic E-state index is 13.5. The van der Waals surface area contributed by atoms with Crippen molar-refractivity contribution in [3.63, 3.8) is 0 Å². The van der Waals surface area contributed by atoms with Crippen LogP contribution in [0, 0.1) is 25.5 Å². The highest BCUT2D eigenvalue weighted by atomic mass is 19.2. The molecule has 0 saturated heterocycles. The maximum atomic E-state index is 13.5. The van der Waals surface area contributed by atoms with E-state index in [0.717, 1.165) is 17.2 Å². The Balaban J connectivity index is 2.48. The van der Waals surface area contributed by atoms with Crippen molar-refractivity contribution >= 4 is 5.78 Å². The topological polar surface area (TPSA) is 17.1 Å². The molecule has 0 atom stereocenters. The smallest absolute Gasteiger partial charge is 0.196 e. The van der Waals surface area contributed by atoms with Gasteiger partial charge in [-0.2, -0.15) is 0 Å².